The van der Waals surface area contributed by atoms with Gasteiger partial charge in [-0.2, -0.15) is 0 Å². The molecule has 4 saturated carbocycles. The molecule has 20 heavy (non-hydrogen) atoms. The lowest BCUT2D eigenvalue weighted by atomic mass is 9.48. The number of aliphatic hydroxyl groups excluding tert-OH is 1. The zero-order valence-electron chi connectivity index (χ0n) is 12.1. The van der Waals surface area contributed by atoms with Crippen LogP contribution in [0.3, 0.4) is 0 Å². The van der Waals surface area contributed by atoms with Crippen LogP contribution < -0.4 is 0 Å². The molecule has 0 radical (unpaired) electrons. The molecule has 1 N–H and O–H groups in total. The Kier molecular flexibility index (Phi) is 3.08. The fourth-order valence-electron chi connectivity index (χ4n) is 5.73. The number of β-amino-alcohol motifs (C(OH)–C–C–N with tert-alkyl or cyclic N) is 1. The maximum absolute atomic E-state index is 11.8. The highest BCUT2D eigenvalue weighted by atomic mass is 16.5. The van der Waals surface area contributed by atoms with E-state index in [-0.39, 0.29) is 24.0 Å². The fraction of sp³-hybridized carbons (Fsp3) is 0.938. The lowest BCUT2D eigenvalue weighted by molar-refractivity contribution is -0.154. The number of rotatable bonds is 3. The van der Waals surface area contributed by atoms with E-state index in [0.717, 1.165) is 17.8 Å². The summed E-state index contributed by atoms with van der Waals surface area (Å²) >= 11 is 0. The van der Waals surface area contributed by atoms with E-state index in [1.165, 1.54) is 38.5 Å². The highest BCUT2D eigenvalue weighted by Gasteiger charge is 2.54. The Morgan fingerprint density at radius 3 is 2.35 bits per heavy atom. The maximum atomic E-state index is 11.8. The van der Waals surface area contributed by atoms with Gasteiger partial charge < -0.3 is 14.7 Å². The molecule has 1 atom stereocenters. The summed E-state index contributed by atoms with van der Waals surface area (Å²) < 4.78 is 5.17. The molecule has 1 aliphatic heterocycles. The average molecular weight is 279 g/mol. The summed E-state index contributed by atoms with van der Waals surface area (Å²) in [7, 11) is 0. The van der Waals surface area contributed by atoms with Gasteiger partial charge in [0.05, 0.1) is 12.7 Å². The Morgan fingerprint density at radius 1 is 1.20 bits per heavy atom. The van der Waals surface area contributed by atoms with Gasteiger partial charge in [0.15, 0.2) is 0 Å². The zero-order chi connectivity index (χ0) is 13.7. The minimum absolute atomic E-state index is 0.0417. The first-order chi connectivity index (χ1) is 9.64. The van der Waals surface area contributed by atoms with Gasteiger partial charge >= 0.3 is 0 Å². The molecule has 4 bridgehead atoms. The normalized spacial score (nSPS) is 45.0. The van der Waals surface area contributed by atoms with Crippen molar-refractivity contribution in [3.05, 3.63) is 0 Å². The maximum Gasteiger partial charge on any atom is 0.248 e. The van der Waals surface area contributed by atoms with E-state index < -0.39 is 0 Å². The van der Waals surface area contributed by atoms with Crippen LogP contribution in [0.2, 0.25) is 0 Å². The van der Waals surface area contributed by atoms with E-state index in [2.05, 4.69) is 0 Å². The smallest absolute Gasteiger partial charge is 0.248 e. The second-order valence-corrected chi connectivity index (χ2v) is 7.69. The standard InChI is InChI=1S/C16H25NO3/c18-14(9-17-1-2-20-10-15(17)19)16-6-11-3-12(7-16)5-13(4-11)8-16/h11-14,18H,1-10H2. The number of carbonyl (C=O) groups is 1. The van der Waals surface area contributed by atoms with Gasteiger partial charge in [-0.25, -0.2) is 0 Å². The van der Waals surface area contributed by atoms with Crippen molar-refractivity contribution < 1.29 is 14.6 Å². The van der Waals surface area contributed by atoms with Gasteiger partial charge in [0.1, 0.15) is 6.61 Å². The Morgan fingerprint density at radius 2 is 1.80 bits per heavy atom. The van der Waals surface area contributed by atoms with Crippen LogP contribution >= 0.6 is 0 Å². The molecule has 1 heterocycles. The summed E-state index contributed by atoms with van der Waals surface area (Å²) in [5.74, 6) is 2.57. The third-order valence-electron chi connectivity index (χ3n) is 6.27. The second kappa shape index (κ2) is 4.70. The first-order valence-electron chi connectivity index (χ1n) is 8.18. The van der Waals surface area contributed by atoms with Crippen LogP contribution in [0.25, 0.3) is 0 Å². The average Bonchev–Trinajstić information content (AvgIpc) is 2.40. The Bertz CT molecular complexity index is 373. The van der Waals surface area contributed by atoms with E-state index in [1.807, 2.05) is 4.90 Å². The van der Waals surface area contributed by atoms with Gasteiger partial charge in [-0.1, -0.05) is 0 Å². The van der Waals surface area contributed by atoms with Crippen LogP contribution in [-0.4, -0.2) is 48.3 Å². The number of ether oxygens (including phenoxy) is 1. The molecule has 0 spiro atoms. The third-order valence-corrected chi connectivity index (χ3v) is 6.27. The molecule has 5 rings (SSSR count). The topological polar surface area (TPSA) is 49.8 Å². The Hall–Kier alpha value is -0.610. The van der Waals surface area contributed by atoms with Gasteiger partial charge in [-0.3, -0.25) is 4.79 Å². The van der Waals surface area contributed by atoms with E-state index in [1.54, 1.807) is 0 Å². The highest BCUT2D eigenvalue weighted by molar-refractivity contribution is 5.78. The van der Waals surface area contributed by atoms with Crippen molar-refractivity contribution in [1.82, 2.24) is 4.90 Å². The van der Waals surface area contributed by atoms with Crippen LogP contribution in [0.1, 0.15) is 38.5 Å². The molecular weight excluding hydrogens is 254 g/mol. The Labute approximate surface area is 120 Å². The van der Waals surface area contributed by atoms with Crippen molar-refractivity contribution in [1.29, 1.82) is 0 Å². The predicted octanol–water partition coefficient (Wildman–Crippen LogP) is 1.42. The number of nitrogens with zero attached hydrogens (tertiary/aromatic N) is 1. The highest BCUT2D eigenvalue weighted by Crippen LogP contribution is 2.61. The molecule has 1 unspecified atom stereocenters. The first-order valence-corrected chi connectivity index (χ1v) is 8.18. The molecule has 5 fully saturated rings. The summed E-state index contributed by atoms with van der Waals surface area (Å²) in [6.07, 6.45) is 7.42. The van der Waals surface area contributed by atoms with Crippen molar-refractivity contribution in [2.75, 3.05) is 26.3 Å². The minimum atomic E-state index is -0.335. The van der Waals surface area contributed by atoms with E-state index in [4.69, 9.17) is 4.74 Å². The number of morpholine rings is 1. The molecule has 0 aromatic carbocycles. The van der Waals surface area contributed by atoms with Crippen LogP contribution in [0.15, 0.2) is 0 Å². The summed E-state index contributed by atoms with van der Waals surface area (Å²) in [4.78, 5) is 13.7. The molecule has 0 aromatic heterocycles. The Balaban J connectivity index is 1.47. The van der Waals surface area contributed by atoms with Crippen molar-refractivity contribution in [3.8, 4) is 0 Å². The summed E-state index contributed by atoms with van der Waals surface area (Å²) in [5.41, 5.74) is 0.118. The monoisotopic (exact) mass is 279 g/mol. The minimum Gasteiger partial charge on any atom is -0.391 e. The van der Waals surface area contributed by atoms with Crippen LogP contribution in [-0.2, 0) is 9.53 Å². The largest absolute Gasteiger partial charge is 0.391 e. The van der Waals surface area contributed by atoms with Crippen molar-refractivity contribution in [3.63, 3.8) is 0 Å². The SMILES string of the molecule is O=C1COCCN1CC(O)C12CC3CC(CC(C3)C1)C2. The van der Waals surface area contributed by atoms with Gasteiger partial charge in [0.2, 0.25) is 5.91 Å². The van der Waals surface area contributed by atoms with Crippen LogP contribution in [0.4, 0.5) is 0 Å². The predicted molar refractivity (Wildman–Crippen MR) is 74.0 cm³/mol. The second-order valence-electron chi connectivity index (χ2n) is 7.69. The van der Waals surface area contributed by atoms with Gasteiger partial charge in [-0.05, 0) is 61.7 Å². The molecule has 4 heteroatoms. The lowest BCUT2D eigenvalue weighted by Crippen LogP contribution is -2.56. The fourth-order valence-corrected chi connectivity index (χ4v) is 5.73. The third kappa shape index (κ3) is 2.08. The number of amides is 1. The number of hydrogen-bond donors (Lipinski definition) is 1. The quantitative estimate of drug-likeness (QED) is 0.850. The molecule has 5 aliphatic rings. The van der Waals surface area contributed by atoms with Gasteiger partial charge in [0, 0.05) is 13.1 Å². The van der Waals surface area contributed by atoms with E-state index in [9.17, 15) is 9.90 Å². The molecule has 1 saturated heterocycles. The summed E-state index contributed by atoms with van der Waals surface area (Å²) in [6.45, 7) is 1.96. The van der Waals surface area contributed by atoms with Crippen LogP contribution in [0.5, 0.6) is 0 Å². The van der Waals surface area contributed by atoms with Crippen molar-refractivity contribution in [2.45, 2.75) is 44.6 Å². The van der Waals surface area contributed by atoms with Crippen molar-refractivity contribution >= 4 is 5.91 Å². The first kappa shape index (κ1) is 13.1. The summed E-state index contributed by atoms with van der Waals surface area (Å²) in [6, 6.07) is 0. The lowest BCUT2D eigenvalue weighted by Gasteiger charge is -2.58. The number of carbonyl (C=O) groups excluding carboxylic acids is 1. The summed E-state index contributed by atoms with van der Waals surface area (Å²) in [5, 5.41) is 10.8. The molecule has 0 aromatic rings. The van der Waals surface area contributed by atoms with Gasteiger partial charge in [0.25, 0.3) is 0 Å². The molecule has 1 amide bonds. The van der Waals surface area contributed by atoms with E-state index in [0.29, 0.717) is 19.7 Å². The van der Waals surface area contributed by atoms with Gasteiger partial charge in [-0.15, -0.1) is 0 Å². The number of aliphatic hydroxyl groups is 1. The van der Waals surface area contributed by atoms with Crippen molar-refractivity contribution in [2.24, 2.45) is 23.2 Å². The molecule has 4 aliphatic carbocycles. The zero-order valence-corrected chi connectivity index (χ0v) is 12.1. The molecular formula is C16H25NO3. The molecule has 4 nitrogen and oxygen atoms in total. The van der Waals surface area contributed by atoms with Crippen LogP contribution in [0, 0.1) is 23.2 Å². The van der Waals surface area contributed by atoms with E-state index >= 15 is 0 Å². The molecule has 112 valence electrons. The number of hydrogen-bond acceptors (Lipinski definition) is 3.